The zero-order valence-electron chi connectivity index (χ0n) is 16.6. The topological polar surface area (TPSA) is 54.9 Å². The highest BCUT2D eigenvalue weighted by molar-refractivity contribution is 7.17. The van der Waals surface area contributed by atoms with Gasteiger partial charge in [-0.15, -0.1) is 5.10 Å². The molecule has 1 aliphatic heterocycles. The van der Waals surface area contributed by atoms with Crippen LogP contribution in [0.3, 0.4) is 0 Å². The highest BCUT2D eigenvalue weighted by Crippen LogP contribution is 2.35. The SMILES string of the molecule is CCc1nc2sc([C@@H](c3cccc(C)c3)[NH+]3C[C@H](C)C[C@H](C)C3)c(O)n2n1. The highest BCUT2D eigenvalue weighted by atomic mass is 32.1. The molecule has 3 heterocycles. The van der Waals surface area contributed by atoms with Gasteiger partial charge in [0.05, 0.1) is 13.1 Å². The number of aryl methyl sites for hydroxylation is 2. The predicted octanol–water partition coefficient (Wildman–Crippen LogP) is 3.02. The number of nitrogens with zero attached hydrogens (tertiary/aromatic N) is 3. The number of fused-ring (bicyclic) bond motifs is 1. The van der Waals surface area contributed by atoms with Crippen molar-refractivity contribution in [1.29, 1.82) is 0 Å². The van der Waals surface area contributed by atoms with Gasteiger partial charge in [-0.05, 0) is 19.4 Å². The predicted molar refractivity (Wildman–Crippen MR) is 109 cm³/mol. The smallest absolute Gasteiger partial charge is 0.235 e. The van der Waals surface area contributed by atoms with Crippen LogP contribution in [0.4, 0.5) is 0 Å². The summed E-state index contributed by atoms with van der Waals surface area (Å²) < 4.78 is 1.62. The maximum absolute atomic E-state index is 11.0. The van der Waals surface area contributed by atoms with E-state index in [1.54, 1.807) is 15.9 Å². The number of aromatic nitrogens is 3. The Bertz CT molecular complexity index is 937. The monoisotopic (exact) mass is 385 g/mol. The molecule has 0 bridgehead atoms. The second-order valence-electron chi connectivity index (χ2n) is 8.23. The van der Waals surface area contributed by atoms with E-state index < -0.39 is 0 Å². The van der Waals surface area contributed by atoms with Gasteiger partial charge in [-0.25, -0.2) is 4.98 Å². The first-order valence-corrected chi connectivity index (χ1v) is 10.8. The largest absolute Gasteiger partial charge is 0.492 e. The van der Waals surface area contributed by atoms with Crippen LogP contribution >= 0.6 is 11.3 Å². The molecule has 1 fully saturated rings. The summed E-state index contributed by atoms with van der Waals surface area (Å²) in [6, 6.07) is 8.83. The fourth-order valence-corrected chi connectivity index (χ4v) is 5.78. The number of aromatic hydroxyl groups is 1. The van der Waals surface area contributed by atoms with Gasteiger partial charge in [-0.3, -0.25) is 0 Å². The highest BCUT2D eigenvalue weighted by Gasteiger charge is 2.37. The molecule has 144 valence electrons. The number of nitrogens with one attached hydrogen (secondary N) is 1. The third-order valence-corrected chi connectivity index (χ3v) is 6.72. The van der Waals surface area contributed by atoms with Gasteiger partial charge < -0.3 is 10.0 Å². The van der Waals surface area contributed by atoms with Crippen molar-refractivity contribution in [3.05, 3.63) is 46.1 Å². The van der Waals surface area contributed by atoms with E-state index in [4.69, 9.17) is 0 Å². The van der Waals surface area contributed by atoms with Crippen molar-refractivity contribution in [3.63, 3.8) is 0 Å². The molecule has 2 aromatic heterocycles. The van der Waals surface area contributed by atoms with E-state index in [9.17, 15) is 5.11 Å². The number of benzene rings is 1. The minimum Gasteiger partial charge on any atom is -0.492 e. The molecule has 1 aliphatic rings. The lowest BCUT2D eigenvalue weighted by atomic mass is 9.89. The molecule has 0 spiro atoms. The van der Waals surface area contributed by atoms with E-state index in [2.05, 4.69) is 55.1 Å². The molecule has 5 nitrogen and oxygen atoms in total. The summed E-state index contributed by atoms with van der Waals surface area (Å²) in [5.41, 5.74) is 2.52. The standard InChI is InChI=1S/C21H28N4OS/c1-5-17-22-21-25(23-17)20(26)19(27-21)18(16-8-6-7-13(2)10-16)24-11-14(3)9-15(4)12-24/h6-8,10,14-15,18,26H,5,9,11-12H2,1-4H3/p+1/t14-,15+,18-/m1/s1. The van der Waals surface area contributed by atoms with Gasteiger partial charge in [0.2, 0.25) is 10.8 Å². The van der Waals surface area contributed by atoms with Crippen LogP contribution in [0.2, 0.25) is 0 Å². The first-order chi connectivity index (χ1) is 13.0. The third-order valence-electron chi connectivity index (χ3n) is 5.63. The van der Waals surface area contributed by atoms with Crippen LogP contribution in [0, 0.1) is 18.8 Å². The molecular formula is C21H29N4OS+. The van der Waals surface area contributed by atoms with Gasteiger partial charge in [0.1, 0.15) is 4.88 Å². The molecule has 4 rings (SSSR count). The molecular weight excluding hydrogens is 356 g/mol. The van der Waals surface area contributed by atoms with Crippen LogP contribution in [-0.4, -0.2) is 32.8 Å². The van der Waals surface area contributed by atoms with Crippen LogP contribution in [0.25, 0.3) is 4.96 Å². The lowest BCUT2D eigenvalue weighted by molar-refractivity contribution is -0.936. The Hall–Kier alpha value is -1.92. The van der Waals surface area contributed by atoms with Crippen LogP contribution < -0.4 is 4.90 Å². The summed E-state index contributed by atoms with van der Waals surface area (Å²) in [5.74, 6) is 2.41. The van der Waals surface area contributed by atoms with Crippen molar-refractivity contribution in [2.45, 2.75) is 46.6 Å². The van der Waals surface area contributed by atoms with Crippen LogP contribution in [-0.2, 0) is 6.42 Å². The molecule has 0 saturated carbocycles. The number of likely N-dealkylation sites (tertiary alicyclic amines) is 1. The Morgan fingerprint density at radius 3 is 2.67 bits per heavy atom. The van der Waals surface area contributed by atoms with E-state index in [1.807, 2.05) is 6.92 Å². The molecule has 4 atom stereocenters. The summed E-state index contributed by atoms with van der Waals surface area (Å²) in [7, 11) is 0. The van der Waals surface area contributed by atoms with Crippen molar-refractivity contribution >= 4 is 16.3 Å². The molecule has 0 aliphatic carbocycles. The summed E-state index contributed by atoms with van der Waals surface area (Å²) >= 11 is 1.58. The molecule has 3 aromatic rings. The summed E-state index contributed by atoms with van der Waals surface area (Å²) in [6.45, 7) is 11.1. The maximum atomic E-state index is 11.0. The molecule has 0 amide bonds. The van der Waals surface area contributed by atoms with Crippen LogP contribution in [0.1, 0.15) is 55.1 Å². The zero-order valence-corrected chi connectivity index (χ0v) is 17.4. The van der Waals surface area contributed by atoms with Crippen molar-refractivity contribution < 1.29 is 10.0 Å². The van der Waals surface area contributed by atoms with Gasteiger partial charge in [0, 0.05) is 23.8 Å². The Morgan fingerprint density at radius 1 is 1.30 bits per heavy atom. The normalized spacial score (nSPS) is 24.4. The first kappa shape index (κ1) is 18.4. The molecule has 1 aromatic carbocycles. The number of piperidine rings is 1. The molecule has 6 heteroatoms. The van der Waals surface area contributed by atoms with E-state index >= 15 is 0 Å². The quantitative estimate of drug-likeness (QED) is 0.726. The molecule has 27 heavy (non-hydrogen) atoms. The number of thiazole rings is 1. The number of hydrogen-bond acceptors (Lipinski definition) is 4. The van der Waals surface area contributed by atoms with Gasteiger partial charge >= 0.3 is 0 Å². The van der Waals surface area contributed by atoms with Crippen molar-refractivity contribution in [2.24, 2.45) is 11.8 Å². The molecule has 0 radical (unpaired) electrons. The van der Waals surface area contributed by atoms with E-state index in [0.717, 1.165) is 35.2 Å². The van der Waals surface area contributed by atoms with Crippen LogP contribution in [0.5, 0.6) is 5.88 Å². The Morgan fingerprint density at radius 2 is 2.04 bits per heavy atom. The van der Waals surface area contributed by atoms with E-state index in [1.165, 1.54) is 22.4 Å². The zero-order chi connectivity index (χ0) is 19.1. The average Bonchev–Trinajstić information content (AvgIpc) is 3.14. The fraction of sp³-hybridized carbons (Fsp3) is 0.524. The third kappa shape index (κ3) is 3.48. The Labute approximate surface area is 164 Å². The number of rotatable bonds is 4. The van der Waals surface area contributed by atoms with E-state index in [0.29, 0.717) is 11.8 Å². The van der Waals surface area contributed by atoms with Crippen molar-refractivity contribution in [3.8, 4) is 5.88 Å². The van der Waals surface area contributed by atoms with Gasteiger partial charge in [-0.1, -0.05) is 55.9 Å². The lowest BCUT2D eigenvalue weighted by Crippen LogP contribution is -3.14. The summed E-state index contributed by atoms with van der Waals surface area (Å²) in [6.07, 6.45) is 2.06. The summed E-state index contributed by atoms with van der Waals surface area (Å²) in [5, 5.41) is 15.5. The minimum atomic E-state index is 0.119. The van der Waals surface area contributed by atoms with Gasteiger partial charge in [0.15, 0.2) is 11.9 Å². The number of quaternary nitrogens is 1. The van der Waals surface area contributed by atoms with Gasteiger partial charge in [0.25, 0.3) is 0 Å². The second-order valence-corrected chi connectivity index (χ2v) is 9.23. The fourth-order valence-electron chi connectivity index (χ4n) is 4.62. The Kier molecular flexibility index (Phi) is 4.95. The minimum absolute atomic E-state index is 0.119. The summed E-state index contributed by atoms with van der Waals surface area (Å²) in [4.78, 5) is 7.88. The van der Waals surface area contributed by atoms with Crippen molar-refractivity contribution in [1.82, 2.24) is 14.6 Å². The molecule has 1 unspecified atom stereocenters. The van der Waals surface area contributed by atoms with Crippen molar-refractivity contribution in [2.75, 3.05) is 13.1 Å². The van der Waals surface area contributed by atoms with E-state index in [-0.39, 0.29) is 11.9 Å². The molecule has 1 saturated heterocycles. The first-order valence-electron chi connectivity index (χ1n) is 9.94. The Balaban J connectivity index is 1.82. The number of hydrogen-bond donors (Lipinski definition) is 2. The lowest BCUT2D eigenvalue weighted by Gasteiger charge is -2.37. The second kappa shape index (κ2) is 7.24. The van der Waals surface area contributed by atoms with Crippen LogP contribution in [0.15, 0.2) is 24.3 Å². The average molecular weight is 386 g/mol. The van der Waals surface area contributed by atoms with Gasteiger partial charge in [-0.2, -0.15) is 4.52 Å². The maximum Gasteiger partial charge on any atom is 0.235 e. The molecule has 2 N–H and O–H groups in total.